The van der Waals surface area contributed by atoms with Gasteiger partial charge in [0.2, 0.25) is 0 Å². The molecule has 1 heterocycles. The highest BCUT2D eigenvalue weighted by atomic mass is 15.2. The molecule has 1 atom stereocenters. The van der Waals surface area contributed by atoms with Gasteiger partial charge >= 0.3 is 0 Å². The van der Waals surface area contributed by atoms with Crippen LogP contribution < -0.4 is 5.73 Å². The van der Waals surface area contributed by atoms with Crippen LogP contribution in [0.2, 0.25) is 0 Å². The maximum atomic E-state index is 5.58. The second kappa shape index (κ2) is 3.50. The van der Waals surface area contributed by atoms with Crippen molar-refractivity contribution in [2.24, 2.45) is 5.73 Å². The molecule has 0 aliphatic carbocycles. The van der Waals surface area contributed by atoms with E-state index in [0.717, 1.165) is 5.69 Å². The summed E-state index contributed by atoms with van der Waals surface area (Å²) in [5.41, 5.74) is 6.64. The van der Waals surface area contributed by atoms with Gasteiger partial charge < -0.3 is 5.73 Å². The molecule has 1 rings (SSSR count). The first kappa shape index (κ1) is 8.23. The maximum absolute atomic E-state index is 5.58. The average Bonchev–Trinajstić information content (AvgIpc) is 2.40. The van der Waals surface area contributed by atoms with Gasteiger partial charge in [0.05, 0.1) is 11.7 Å². The van der Waals surface area contributed by atoms with E-state index in [1.54, 1.807) is 6.20 Å². The van der Waals surface area contributed by atoms with Gasteiger partial charge in [0.15, 0.2) is 0 Å². The van der Waals surface area contributed by atoms with Crippen molar-refractivity contribution in [3.8, 4) is 0 Å². The number of aromatic amines is 1. The van der Waals surface area contributed by atoms with Crippen molar-refractivity contribution in [2.75, 3.05) is 20.6 Å². The maximum Gasteiger partial charge on any atom is 0.0633 e. The largest absolute Gasteiger partial charge is 0.329 e. The fourth-order valence-corrected chi connectivity index (χ4v) is 1.07. The molecule has 3 N–H and O–H groups in total. The van der Waals surface area contributed by atoms with E-state index in [2.05, 4.69) is 15.1 Å². The third kappa shape index (κ3) is 1.78. The Morgan fingerprint density at radius 3 is 2.82 bits per heavy atom. The van der Waals surface area contributed by atoms with Crippen LogP contribution in [0.5, 0.6) is 0 Å². The standard InChI is InChI=1S/C7H14N4/c1-11(2)7(5-8)6-3-4-9-10-6/h3-4,7H,5,8H2,1-2H3,(H,9,10). The number of nitrogens with one attached hydrogen (secondary N) is 1. The van der Waals surface area contributed by atoms with Crippen LogP contribution in [0.1, 0.15) is 11.7 Å². The summed E-state index contributed by atoms with van der Waals surface area (Å²) >= 11 is 0. The normalized spacial score (nSPS) is 13.8. The van der Waals surface area contributed by atoms with E-state index in [-0.39, 0.29) is 6.04 Å². The van der Waals surface area contributed by atoms with Gasteiger partial charge in [-0.15, -0.1) is 0 Å². The van der Waals surface area contributed by atoms with Crippen molar-refractivity contribution in [3.63, 3.8) is 0 Å². The summed E-state index contributed by atoms with van der Waals surface area (Å²) in [4.78, 5) is 2.06. The Morgan fingerprint density at radius 1 is 1.73 bits per heavy atom. The first-order chi connectivity index (χ1) is 5.25. The molecule has 0 amide bonds. The summed E-state index contributed by atoms with van der Waals surface area (Å²) in [6, 6.07) is 2.19. The molecular formula is C7H14N4. The van der Waals surface area contributed by atoms with Crippen LogP contribution in [0.3, 0.4) is 0 Å². The number of likely N-dealkylation sites (N-methyl/N-ethyl adjacent to an activating group) is 1. The van der Waals surface area contributed by atoms with Gasteiger partial charge in [-0.2, -0.15) is 5.10 Å². The smallest absolute Gasteiger partial charge is 0.0633 e. The Labute approximate surface area is 66.4 Å². The molecule has 0 aliphatic rings. The van der Waals surface area contributed by atoms with Crippen LogP contribution in [-0.2, 0) is 0 Å². The molecule has 1 unspecified atom stereocenters. The Morgan fingerprint density at radius 2 is 2.45 bits per heavy atom. The lowest BCUT2D eigenvalue weighted by Crippen LogP contribution is -2.27. The van der Waals surface area contributed by atoms with Crippen molar-refractivity contribution in [3.05, 3.63) is 18.0 Å². The minimum Gasteiger partial charge on any atom is -0.329 e. The summed E-state index contributed by atoms with van der Waals surface area (Å²) in [6.45, 7) is 0.606. The van der Waals surface area contributed by atoms with Crippen molar-refractivity contribution in [1.82, 2.24) is 15.1 Å². The highest BCUT2D eigenvalue weighted by Crippen LogP contribution is 2.12. The average molecular weight is 154 g/mol. The van der Waals surface area contributed by atoms with Crippen molar-refractivity contribution in [2.45, 2.75) is 6.04 Å². The topological polar surface area (TPSA) is 57.9 Å². The second-order valence-electron chi connectivity index (χ2n) is 2.73. The molecular weight excluding hydrogens is 140 g/mol. The zero-order chi connectivity index (χ0) is 8.27. The van der Waals surface area contributed by atoms with Crippen molar-refractivity contribution in [1.29, 1.82) is 0 Å². The molecule has 0 radical (unpaired) electrons. The molecule has 4 heteroatoms. The summed E-state index contributed by atoms with van der Waals surface area (Å²) in [6.07, 6.45) is 1.74. The van der Waals surface area contributed by atoms with Crippen LogP contribution in [-0.4, -0.2) is 35.7 Å². The van der Waals surface area contributed by atoms with E-state index in [1.165, 1.54) is 0 Å². The van der Waals surface area contributed by atoms with Gasteiger partial charge in [0.1, 0.15) is 0 Å². The fourth-order valence-electron chi connectivity index (χ4n) is 1.07. The predicted molar refractivity (Wildman–Crippen MR) is 44.1 cm³/mol. The van der Waals surface area contributed by atoms with Crippen LogP contribution in [0.25, 0.3) is 0 Å². The van der Waals surface area contributed by atoms with Gasteiger partial charge in [-0.05, 0) is 20.2 Å². The number of aromatic nitrogens is 2. The molecule has 0 fully saturated rings. The minimum atomic E-state index is 0.248. The van der Waals surface area contributed by atoms with Crippen LogP contribution in [0.15, 0.2) is 12.3 Å². The summed E-state index contributed by atoms with van der Waals surface area (Å²) in [7, 11) is 4.00. The number of rotatable bonds is 3. The van der Waals surface area contributed by atoms with Crippen LogP contribution in [0.4, 0.5) is 0 Å². The van der Waals surface area contributed by atoms with E-state index in [0.29, 0.717) is 6.54 Å². The zero-order valence-electron chi connectivity index (χ0n) is 6.91. The third-order valence-electron chi connectivity index (χ3n) is 1.73. The third-order valence-corrected chi connectivity index (χ3v) is 1.73. The van der Waals surface area contributed by atoms with E-state index in [9.17, 15) is 0 Å². The lowest BCUT2D eigenvalue weighted by Gasteiger charge is -2.20. The van der Waals surface area contributed by atoms with Gasteiger partial charge in [0.25, 0.3) is 0 Å². The van der Waals surface area contributed by atoms with E-state index >= 15 is 0 Å². The Hall–Kier alpha value is -0.870. The molecule has 1 aromatic rings. The highest BCUT2D eigenvalue weighted by molar-refractivity contribution is 5.04. The first-order valence-electron chi connectivity index (χ1n) is 3.61. The van der Waals surface area contributed by atoms with Crippen molar-refractivity contribution < 1.29 is 0 Å². The molecule has 0 bridgehead atoms. The molecule has 62 valence electrons. The fraction of sp³-hybridized carbons (Fsp3) is 0.571. The molecule has 4 nitrogen and oxygen atoms in total. The molecule has 0 saturated carbocycles. The van der Waals surface area contributed by atoms with E-state index in [4.69, 9.17) is 5.73 Å². The zero-order valence-corrected chi connectivity index (χ0v) is 6.91. The van der Waals surface area contributed by atoms with Crippen LogP contribution >= 0.6 is 0 Å². The van der Waals surface area contributed by atoms with Crippen molar-refractivity contribution >= 4 is 0 Å². The van der Waals surface area contributed by atoms with E-state index < -0.39 is 0 Å². The monoisotopic (exact) mass is 154 g/mol. The van der Waals surface area contributed by atoms with Crippen LogP contribution in [0, 0.1) is 0 Å². The molecule has 0 aromatic carbocycles. The Bertz CT molecular complexity index is 192. The number of hydrogen-bond donors (Lipinski definition) is 2. The molecule has 1 aromatic heterocycles. The lowest BCUT2D eigenvalue weighted by atomic mass is 10.2. The quantitative estimate of drug-likeness (QED) is 0.643. The number of nitrogens with two attached hydrogens (primary N) is 1. The number of H-pyrrole nitrogens is 1. The molecule has 11 heavy (non-hydrogen) atoms. The second-order valence-corrected chi connectivity index (χ2v) is 2.73. The highest BCUT2D eigenvalue weighted by Gasteiger charge is 2.11. The summed E-state index contributed by atoms with van der Waals surface area (Å²) < 4.78 is 0. The van der Waals surface area contributed by atoms with Gasteiger partial charge in [-0.25, -0.2) is 0 Å². The lowest BCUT2D eigenvalue weighted by molar-refractivity contribution is 0.300. The SMILES string of the molecule is CN(C)C(CN)c1ccn[nH]1. The number of nitrogens with zero attached hydrogens (tertiary/aromatic N) is 2. The minimum absolute atomic E-state index is 0.248. The Balaban J connectivity index is 2.71. The van der Waals surface area contributed by atoms with Gasteiger partial charge in [0, 0.05) is 12.7 Å². The molecule has 0 saturated heterocycles. The predicted octanol–water partition coefficient (Wildman–Crippen LogP) is -0.0289. The molecule has 0 spiro atoms. The van der Waals surface area contributed by atoms with Gasteiger partial charge in [-0.3, -0.25) is 10.00 Å². The summed E-state index contributed by atoms with van der Waals surface area (Å²) in [5, 5.41) is 6.76. The van der Waals surface area contributed by atoms with Gasteiger partial charge in [-0.1, -0.05) is 0 Å². The first-order valence-corrected chi connectivity index (χ1v) is 3.61. The Kier molecular flexibility index (Phi) is 2.62. The van der Waals surface area contributed by atoms with E-state index in [1.807, 2.05) is 20.2 Å². The molecule has 0 aliphatic heterocycles. The number of hydrogen-bond acceptors (Lipinski definition) is 3. The summed E-state index contributed by atoms with van der Waals surface area (Å²) in [5.74, 6) is 0.